The first-order chi connectivity index (χ1) is 7.59. The molecule has 1 saturated heterocycles. The minimum absolute atomic E-state index is 0.00814. The van der Waals surface area contributed by atoms with E-state index in [9.17, 15) is 4.79 Å². The topological polar surface area (TPSA) is 46.3 Å². The van der Waals surface area contributed by atoms with Crippen molar-refractivity contribution < 1.29 is 4.79 Å². The molecule has 3 nitrogen and oxygen atoms in total. The summed E-state index contributed by atoms with van der Waals surface area (Å²) in [6.45, 7) is 12.7. The largest absolute Gasteiger partial charge is 0.342 e. The molecule has 1 aliphatic heterocycles. The summed E-state index contributed by atoms with van der Waals surface area (Å²) in [7, 11) is 0. The zero-order chi connectivity index (χ0) is 13.3. The Hall–Kier alpha value is -0.570. The van der Waals surface area contributed by atoms with E-state index < -0.39 is 0 Å². The summed E-state index contributed by atoms with van der Waals surface area (Å²) in [6, 6.07) is -0.00814. The molecule has 1 aliphatic rings. The third-order valence-electron chi connectivity index (χ3n) is 3.34. The molecule has 0 bridgehead atoms. The summed E-state index contributed by atoms with van der Waals surface area (Å²) in [5.41, 5.74) is 6.53. The van der Waals surface area contributed by atoms with Gasteiger partial charge in [0.05, 0.1) is 0 Å². The molecule has 17 heavy (non-hydrogen) atoms. The second-order valence-corrected chi connectivity index (χ2v) is 7.46. The van der Waals surface area contributed by atoms with E-state index in [1.165, 1.54) is 0 Å². The third kappa shape index (κ3) is 5.07. The van der Waals surface area contributed by atoms with Crippen molar-refractivity contribution in [1.82, 2.24) is 4.90 Å². The Kier molecular flexibility index (Phi) is 4.23. The van der Waals surface area contributed by atoms with Crippen molar-refractivity contribution >= 4 is 5.91 Å². The van der Waals surface area contributed by atoms with Crippen molar-refractivity contribution in [3.05, 3.63) is 0 Å². The molecule has 1 unspecified atom stereocenters. The number of rotatable bonds is 3. The number of hydrogen-bond acceptors (Lipinski definition) is 2. The smallest absolute Gasteiger partial charge is 0.224 e. The predicted octanol–water partition coefficient (Wildman–Crippen LogP) is 2.40. The van der Waals surface area contributed by atoms with E-state index in [2.05, 4.69) is 34.6 Å². The van der Waals surface area contributed by atoms with E-state index >= 15 is 0 Å². The highest BCUT2D eigenvalue weighted by Crippen LogP contribution is 2.29. The van der Waals surface area contributed by atoms with Crippen molar-refractivity contribution in [3.8, 4) is 0 Å². The van der Waals surface area contributed by atoms with Crippen LogP contribution in [0.4, 0.5) is 0 Å². The monoisotopic (exact) mass is 240 g/mol. The second-order valence-electron chi connectivity index (χ2n) is 7.46. The number of carbonyl (C=O) groups is 1. The molecule has 3 heteroatoms. The lowest BCUT2D eigenvalue weighted by Crippen LogP contribution is -2.36. The SMILES string of the molecule is CC(C)(C)CC(N)CC(=O)N1CCC(C)(C)C1. The molecule has 0 saturated carbocycles. The van der Waals surface area contributed by atoms with Gasteiger partial charge < -0.3 is 10.6 Å². The van der Waals surface area contributed by atoms with Gasteiger partial charge in [0.15, 0.2) is 0 Å². The van der Waals surface area contributed by atoms with Crippen LogP contribution in [0.3, 0.4) is 0 Å². The Balaban J connectivity index is 2.40. The highest BCUT2D eigenvalue weighted by Gasteiger charge is 2.32. The Labute approximate surface area is 106 Å². The molecule has 0 spiro atoms. The quantitative estimate of drug-likeness (QED) is 0.823. The molecule has 100 valence electrons. The van der Waals surface area contributed by atoms with Gasteiger partial charge in [-0.25, -0.2) is 0 Å². The Morgan fingerprint density at radius 3 is 2.41 bits per heavy atom. The van der Waals surface area contributed by atoms with Gasteiger partial charge in [0.25, 0.3) is 0 Å². The lowest BCUT2D eigenvalue weighted by atomic mass is 9.87. The van der Waals surface area contributed by atoms with Crippen molar-refractivity contribution in [3.63, 3.8) is 0 Å². The fraction of sp³-hybridized carbons (Fsp3) is 0.929. The normalized spacial score (nSPS) is 21.6. The molecule has 1 amide bonds. The number of nitrogens with zero attached hydrogens (tertiary/aromatic N) is 1. The molecule has 0 aromatic carbocycles. The number of nitrogens with two attached hydrogens (primary N) is 1. The lowest BCUT2D eigenvalue weighted by molar-refractivity contribution is -0.131. The predicted molar refractivity (Wildman–Crippen MR) is 71.6 cm³/mol. The molecular formula is C14H28N2O. The maximum absolute atomic E-state index is 12.1. The van der Waals surface area contributed by atoms with Crippen LogP contribution in [0.25, 0.3) is 0 Å². The Morgan fingerprint density at radius 1 is 1.41 bits per heavy atom. The van der Waals surface area contributed by atoms with E-state index in [0.29, 0.717) is 6.42 Å². The van der Waals surface area contributed by atoms with Crippen molar-refractivity contribution in [2.45, 2.75) is 59.9 Å². The van der Waals surface area contributed by atoms with Gasteiger partial charge >= 0.3 is 0 Å². The van der Waals surface area contributed by atoms with E-state index in [4.69, 9.17) is 5.73 Å². The van der Waals surface area contributed by atoms with Crippen molar-refractivity contribution in [1.29, 1.82) is 0 Å². The highest BCUT2D eigenvalue weighted by molar-refractivity contribution is 5.77. The standard InChI is InChI=1S/C14H28N2O/c1-13(2,3)9-11(15)8-12(17)16-7-6-14(4,5)10-16/h11H,6-10,15H2,1-5H3. The van der Waals surface area contributed by atoms with Gasteiger partial charge in [0.2, 0.25) is 5.91 Å². The number of carbonyl (C=O) groups excluding carboxylic acids is 1. The molecule has 0 radical (unpaired) electrons. The van der Waals surface area contributed by atoms with Gasteiger partial charge in [-0.15, -0.1) is 0 Å². The average molecular weight is 240 g/mol. The van der Waals surface area contributed by atoms with Crippen molar-refractivity contribution in [2.75, 3.05) is 13.1 Å². The highest BCUT2D eigenvalue weighted by atomic mass is 16.2. The lowest BCUT2D eigenvalue weighted by Gasteiger charge is -2.25. The Morgan fingerprint density at radius 2 is 2.00 bits per heavy atom. The van der Waals surface area contributed by atoms with Crippen LogP contribution in [0, 0.1) is 10.8 Å². The first-order valence-electron chi connectivity index (χ1n) is 6.62. The fourth-order valence-corrected chi connectivity index (χ4v) is 2.54. The summed E-state index contributed by atoms with van der Waals surface area (Å²) >= 11 is 0. The zero-order valence-electron chi connectivity index (χ0n) is 12.0. The summed E-state index contributed by atoms with van der Waals surface area (Å²) in [5.74, 6) is 0.229. The molecule has 1 atom stereocenters. The number of likely N-dealkylation sites (tertiary alicyclic amines) is 1. The maximum atomic E-state index is 12.1. The summed E-state index contributed by atoms with van der Waals surface area (Å²) in [6.07, 6.45) is 2.50. The van der Waals surface area contributed by atoms with Crippen LogP contribution in [0.1, 0.15) is 53.9 Å². The minimum Gasteiger partial charge on any atom is -0.342 e. The van der Waals surface area contributed by atoms with Crippen molar-refractivity contribution in [2.24, 2.45) is 16.6 Å². The maximum Gasteiger partial charge on any atom is 0.224 e. The minimum atomic E-state index is -0.00814. The number of amides is 1. The molecule has 1 fully saturated rings. The summed E-state index contributed by atoms with van der Waals surface area (Å²) in [5, 5.41) is 0. The van der Waals surface area contributed by atoms with Gasteiger partial charge in [0, 0.05) is 25.6 Å². The van der Waals surface area contributed by atoms with Crippen LogP contribution in [-0.4, -0.2) is 29.9 Å². The van der Waals surface area contributed by atoms with Crippen LogP contribution < -0.4 is 5.73 Å². The van der Waals surface area contributed by atoms with E-state index in [0.717, 1.165) is 25.9 Å². The molecule has 2 N–H and O–H groups in total. The summed E-state index contributed by atoms with van der Waals surface area (Å²) in [4.78, 5) is 14.1. The van der Waals surface area contributed by atoms with E-state index in [-0.39, 0.29) is 22.8 Å². The van der Waals surface area contributed by atoms with E-state index in [1.807, 2.05) is 4.90 Å². The molecule has 1 heterocycles. The molecular weight excluding hydrogens is 212 g/mol. The molecule has 0 aliphatic carbocycles. The zero-order valence-corrected chi connectivity index (χ0v) is 12.0. The average Bonchev–Trinajstić information content (AvgIpc) is 2.42. The number of hydrogen-bond donors (Lipinski definition) is 1. The van der Waals surface area contributed by atoms with Gasteiger partial charge in [-0.05, 0) is 23.7 Å². The van der Waals surface area contributed by atoms with Crippen LogP contribution in [0.5, 0.6) is 0 Å². The first kappa shape index (κ1) is 14.5. The van der Waals surface area contributed by atoms with Gasteiger partial charge in [-0.1, -0.05) is 34.6 Å². The molecule has 0 aromatic heterocycles. The van der Waals surface area contributed by atoms with Gasteiger partial charge in [-0.3, -0.25) is 4.79 Å². The summed E-state index contributed by atoms with van der Waals surface area (Å²) < 4.78 is 0. The molecule has 1 rings (SSSR count). The molecule has 0 aromatic rings. The third-order valence-corrected chi connectivity index (χ3v) is 3.34. The van der Waals surface area contributed by atoms with Crippen LogP contribution in [0.2, 0.25) is 0 Å². The van der Waals surface area contributed by atoms with E-state index in [1.54, 1.807) is 0 Å². The van der Waals surface area contributed by atoms with Gasteiger partial charge in [-0.2, -0.15) is 0 Å². The van der Waals surface area contributed by atoms with Crippen LogP contribution in [0.15, 0.2) is 0 Å². The first-order valence-corrected chi connectivity index (χ1v) is 6.62. The van der Waals surface area contributed by atoms with Gasteiger partial charge in [0.1, 0.15) is 0 Å². The second kappa shape index (κ2) is 4.97. The Bertz CT molecular complexity index is 278. The van der Waals surface area contributed by atoms with Crippen LogP contribution >= 0.6 is 0 Å². The fourth-order valence-electron chi connectivity index (χ4n) is 2.54. The van der Waals surface area contributed by atoms with Crippen LogP contribution in [-0.2, 0) is 4.79 Å².